The number of carbonyl (C=O) groups excluding carboxylic acids is 1. The number of hydrogen-bond donors (Lipinski definition) is 0. The second-order valence-electron chi connectivity index (χ2n) is 4.80. The Morgan fingerprint density at radius 1 is 1.42 bits per heavy atom. The maximum atomic E-state index is 13.0. The standard InChI is InChI=1S/C16H16ClNO4S2/c1-3-8-18(11-13-5-4-9-23-13)24(20,21)15-10-12(16(19)22-2)6-7-14(15)17/h3-7,9-10H,1,8,11H2,2H3. The summed E-state index contributed by atoms with van der Waals surface area (Å²) < 4.78 is 31.8. The van der Waals surface area contributed by atoms with Crippen LogP contribution in [0.4, 0.5) is 0 Å². The summed E-state index contributed by atoms with van der Waals surface area (Å²) in [5, 5.41) is 1.92. The zero-order chi connectivity index (χ0) is 17.7. The van der Waals surface area contributed by atoms with Gasteiger partial charge in [-0.05, 0) is 29.6 Å². The van der Waals surface area contributed by atoms with Gasteiger partial charge < -0.3 is 4.74 Å². The Morgan fingerprint density at radius 2 is 2.17 bits per heavy atom. The van der Waals surface area contributed by atoms with Gasteiger partial charge in [0.25, 0.3) is 0 Å². The highest BCUT2D eigenvalue weighted by Crippen LogP contribution is 2.28. The molecule has 0 atom stereocenters. The van der Waals surface area contributed by atoms with Crippen LogP contribution in [0.5, 0.6) is 0 Å². The number of halogens is 1. The van der Waals surface area contributed by atoms with E-state index in [-0.39, 0.29) is 28.6 Å². The number of rotatable bonds is 7. The SMILES string of the molecule is C=CCN(Cc1cccs1)S(=O)(=O)c1cc(C(=O)OC)ccc1Cl. The first-order valence-electron chi connectivity index (χ1n) is 6.91. The number of nitrogens with zero attached hydrogens (tertiary/aromatic N) is 1. The number of hydrogen-bond acceptors (Lipinski definition) is 5. The van der Waals surface area contributed by atoms with Crippen molar-refractivity contribution < 1.29 is 17.9 Å². The van der Waals surface area contributed by atoms with Crippen LogP contribution in [0.3, 0.4) is 0 Å². The van der Waals surface area contributed by atoms with Gasteiger partial charge in [0, 0.05) is 18.0 Å². The zero-order valence-electron chi connectivity index (χ0n) is 12.9. The van der Waals surface area contributed by atoms with Gasteiger partial charge in [-0.1, -0.05) is 23.7 Å². The fraction of sp³-hybridized carbons (Fsp3) is 0.188. The summed E-state index contributed by atoms with van der Waals surface area (Å²) in [7, 11) is -2.68. The van der Waals surface area contributed by atoms with E-state index in [1.807, 2.05) is 17.5 Å². The highest BCUT2D eigenvalue weighted by molar-refractivity contribution is 7.89. The number of esters is 1. The van der Waals surface area contributed by atoms with Crippen molar-refractivity contribution in [2.45, 2.75) is 11.4 Å². The number of ether oxygens (including phenoxy) is 1. The number of thiophene rings is 1. The van der Waals surface area contributed by atoms with Crippen LogP contribution in [-0.2, 0) is 21.3 Å². The van der Waals surface area contributed by atoms with Gasteiger partial charge in [-0.3, -0.25) is 0 Å². The van der Waals surface area contributed by atoms with Crippen molar-refractivity contribution in [1.82, 2.24) is 4.31 Å². The van der Waals surface area contributed by atoms with Crippen LogP contribution in [0.1, 0.15) is 15.2 Å². The highest BCUT2D eigenvalue weighted by atomic mass is 35.5. The fourth-order valence-corrected chi connectivity index (χ4v) is 4.74. The van der Waals surface area contributed by atoms with Crippen molar-refractivity contribution in [2.24, 2.45) is 0 Å². The van der Waals surface area contributed by atoms with Crippen molar-refractivity contribution in [3.8, 4) is 0 Å². The van der Waals surface area contributed by atoms with Gasteiger partial charge in [0.15, 0.2) is 0 Å². The molecule has 0 radical (unpaired) electrons. The largest absolute Gasteiger partial charge is 0.465 e. The number of benzene rings is 1. The van der Waals surface area contributed by atoms with Crippen LogP contribution in [0.25, 0.3) is 0 Å². The Kier molecular flexibility index (Phi) is 6.17. The zero-order valence-corrected chi connectivity index (χ0v) is 15.3. The van der Waals surface area contributed by atoms with Crippen LogP contribution in [0, 0.1) is 0 Å². The number of methoxy groups -OCH3 is 1. The molecule has 24 heavy (non-hydrogen) atoms. The smallest absolute Gasteiger partial charge is 0.337 e. The molecule has 0 N–H and O–H groups in total. The first kappa shape index (κ1) is 18.7. The van der Waals surface area contributed by atoms with E-state index in [4.69, 9.17) is 11.6 Å². The van der Waals surface area contributed by atoms with Crippen LogP contribution >= 0.6 is 22.9 Å². The van der Waals surface area contributed by atoms with Crippen LogP contribution < -0.4 is 0 Å². The van der Waals surface area contributed by atoms with E-state index in [1.54, 1.807) is 0 Å². The quantitative estimate of drug-likeness (QED) is 0.540. The molecular weight excluding hydrogens is 370 g/mol. The Morgan fingerprint density at radius 3 is 2.75 bits per heavy atom. The van der Waals surface area contributed by atoms with Crippen molar-refractivity contribution in [1.29, 1.82) is 0 Å². The topological polar surface area (TPSA) is 63.7 Å². The average Bonchev–Trinajstić information content (AvgIpc) is 3.07. The van der Waals surface area contributed by atoms with Gasteiger partial charge in [-0.15, -0.1) is 17.9 Å². The molecule has 0 saturated carbocycles. The lowest BCUT2D eigenvalue weighted by Gasteiger charge is -2.21. The third kappa shape index (κ3) is 4.05. The summed E-state index contributed by atoms with van der Waals surface area (Å²) in [5.41, 5.74) is 0.121. The minimum absolute atomic E-state index is 0.0443. The molecule has 128 valence electrons. The van der Waals surface area contributed by atoms with E-state index in [0.29, 0.717) is 0 Å². The highest BCUT2D eigenvalue weighted by Gasteiger charge is 2.27. The molecule has 5 nitrogen and oxygen atoms in total. The molecule has 0 aliphatic carbocycles. The van der Waals surface area contributed by atoms with Gasteiger partial charge >= 0.3 is 5.97 Å². The third-order valence-corrected chi connectivity index (χ3v) is 6.37. The Balaban J connectivity index is 2.46. The minimum Gasteiger partial charge on any atom is -0.465 e. The molecule has 0 aliphatic heterocycles. The third-order valence-electron chi connectivity index (χ3n) is 3.22. The lowest BCUT2D eigenvalue weighted by molar-refractivity contribution is 0.0600. The summed E-state index contributed by atoms with van der Waals surface area (Å²) in [5.74, 6) is -0.628. The number of sulfonamides is 1. The lowest BCUT2D eigenvalue weighted by atomic mass is 10.2. The molecule has 8 heteroatoms. The van der Waals surface area contributed by atoms with E-state index in [9.17, 15) is 13.2 Å². The maximum absolute atomic E-state index is 13.0. The van der Waals surface area contributed by atoms with Crippen LogP contribution in [0.15, 0.2) is 53.3 Å². The molecule has 0 fully saturated rings. The molecule has 0 unspecified atom stereocenters. The van der Waals surface area contributed by atoms with Gasteiger partial charge in [0.2, 0.25) is 10.0 Å². The normalized spacial score (nSPS) is 11.5. The maximum Gasteiger partial charge on any atom is 0.337 e. The van der Waals surface area contributed by atoms with Crippen molar-refractivity contribution in [3.05, 3.63) is 63.8 Å². The Labute approximate surface area is 150 Å². The lowest BCUT2D eigenvalue weighted by Crippen LogP contribution is -2.31. The molecular formula is C16H16ClNO4S2. The summed E-state index contributed by atoms with van der Waals surface area (Å²) in [6, 6.07) is 7.72. The second kappa shape index (κ2) is 7.94. The summed E-state index contributed by atoms with van der Waals surface area (Å²) in [6.45, 7) is 3.93. The summed E-state index contributed by atoms with van der Waals surface area (Å²) >= 11 is 7.53. The van der Waals surface area contributed by atoms with Crippen molar-refractivity contribution >= 4 is 38.9 Å². The summed E-state index contributed by atoms with van der Waals surface area (Å²) in [4.78, 5) is 12.4. The molecule has 0 spiro atoms. The van der Waals surface area contributed by atoms with Gasteiger partial charge in [0.05, 0.1) is 17.7 Å². The fourth-order valence-electron chi connectivity index (χ4n) is 2.05. The molecule has 0 aliphatic rings. The molecule has 1 heterocycles. The van der Waals surface area contributed by atoms with Gasteiger partial charge in [-0.25, -0.2) is 13.2 Å². The number of carbonyl (C=O) groups is 1. The molecule has 1 aromatic carbocycles. The van der Waals surface area contributed by atoms with Crippen LogP contribution in [0.2, 0.25) is 5.02 Å². The molecule has 0 saturated heterocycles. The minimum atomic E-state index is -3.91. The molecule has 2 aromatic rings. The molecule has 2 rings (SSSR count). The van der Waals surface area contributed by atoms with Crippen molar-refractivity contribution in [3.63, 3.8) is 0 Å². The van der Waals surface area contributed by atoms with Gasteiger partial charge in [0.1, 0.15) is 4.90 Å². The molecule has 0 amide bonds. The van der Waals surface area contributed by atoms with E-state index >= 15 is 0 Å². The predicted octanol–water partition coefficient (Wildman–Crippen LogP) is 3.57. The average molecular weight is 386 g/mol. The second-order valence-corrected chi connectivity index (χ2v) is 8.15. The van der Waals surface area contributed by atoms with E-state index in [1.165, 1.54) is 47.0 Å². The monoisotopic (exact) mass is 385 g/mol. The van der Waals surface area contributed by atoms with Crippen LogP contribution in [-0.4, -0.2) is 32.3 Å². The molecule has 0 bridgehead atoms. The predicted molar refractivity (Wildman–Crippen MR) is 94.9 cm³/mol. The first-order chi connectivity index (χ1) is 11.4. The summed E-state index contributed by atoms with van der Waals surface area (Å²) in [6.07, 6.45) is 1.50. The Bertz CT molecular complexity index is 832. The van der Waals surface area contributed by atoms with E-state index in [0.717, 1.165) is 4.88 Å². The van der Waals surface area contributed by atoms with E-state index < -0.39 is 16.0 Å². The van der Waals surface area contributed by atoms with E-state index in [2.05, 4.69) is 11.3 Å². The Hall–Kier alpha value is -1.67. The molecule has 1 aromatic heterocycles. The van der Waals surface area contributed by atoms with Gasteiger partial charge in [-0.2, -0.15) is 4.31 Å². The van der Waals surface area contributed by atoms with Crippen molar-refractivity contribution in [2.75, 3.05) is 13.7 Å². The first-order valence-corrected chi connectivity index (χ1v) is 9.61.